The number of aromatic nitrogens is 2. The van der Waals surface area contributed by atoms with E-state index in [0.29, 0.717) is 19.0 Å². The normalized spacial score (nSPS) is 19.8. The number of rotatable bonds is 6. The Hall–Kier alpha value is -2.48. The van der Waals surface area contributed by atoms with Gasteiger partial charge in [0, 0.05) is 12.1 Å². The second-order valence-electron chi connectivity index (χ2n) is 5.79. The smallest absolute Gasteiger partial charge is 0.224 e. The third kappa shape index (κ3) is 4.14. The average Bonchev–Trinajstić information content (AvgIpc) is 3.22. The van der Waals surface area contributed by atoms with Gasteiger partial charge in [0.1, 0.15) is 6.10 Å². The van der Waals surface area contributed by atoms with Crippen LogP contribution in [0.25, 0.3) is 0 Å². The number of aryl methyl sites for hydroxylation is 1. The molecule has 0 spiro atoms. The molecule has 1 aliphatic rings. The molecule has 0 aliphatic carbocycles. The Labute approximate surface area is 143 Å². The van der Waals surface area contributed by atoms with Gasteiger partial charge < -0.3 is 14.8 Å². The molecule has 0 radical (unpaired) electrons. The second kappa shape index (κ2) is 7.60. The Morgan fingerprint density at radius 2 is 2.28 bits per heavy atom. The summed E-state index contributed by atoms with van der Waals surface area (Å²) in [6.45, 7) is 3.31. The number of benzene rings is 1. The molecule has 1 aliphatic heterocycles. The fraction of sp³-hybridized carbons (Fsp3) is 0.412. The lowest BCUT2D eigenvalue weighted by Crippen LogP contribution is -2.45. The summed E-state index contributed by atoms with van der Waals surface area (Å²) in [5.41, 5.74) is 0.0121. The van der Waals surface area contributed by atoms with Gasteiger partial charge in [0.15, 0.2) is 17.4 Å². The highest BCUT2D eigenvalue weighted by Gasteiger charge is 2.32. The highest BCUT2D eigenvalue weighted by molar-refractivity contribution is 5.79. The Balaban J connectivity index is 1.59. The van der Waals surface area contributed by atoms with Crippen LogP contribution >= 0.6 is 0 Å². The molecule has 6 nitrogen and oxygen atoms in total. The zero-order valence-corrected chi connectivity index (χ0v) is 13.7. The largest absolute Gasteiger partial charge is 0.482 e. The Morgan fingerprint density at radius 1 is 1.44 bits per heavy atom. The van der Waals surface area contributed by atoms with Crippen LogP contribution in [0.2, 0.25) is 0 Å². The fourth-order valence-electron chi connectivity index (χ4n) is 2.65. The summed E-state index contributed by atoms with van der Waals surface area (Å²) < 4.78 is 39.8. The second-order valence-corrected chi connectivity index (χ2v) is 5.79. The van der Waals surface area contributed by atoms with Crippen molar-refractivity contribution in [2.75, 3.05) is 13.2 Å². The van der Waals surface area contributed by atoms with E-state index in [1.165, 1.54) is 12.1 Å². The zero-order chi connectivity index (χ0) is 17.8. The van der Waals surface area contributed by atoms with Crippen LogP contribution in [-0.2, 0) is 22.5 Å². The van der Waals surface area contributed by atoms with Gasteiger partial charge in [-0.1, -0.05) is 12.1 Å². The Morgan fingerprint density at radius 3 is 3.04 bits per heavy atom. The number of amides is 1. The predicted octanol–water partition coefficient (Wildman–Crippen LogP) is 1.69. The first-order valence-corrected chi connectivity index (χ1v) is 8.06. The Bertz CT molecular complexity index is 750. The lowest BCUT2D eigenvalue weighted by Gasteiger charge is -2.19. The maximum atomic E-state index is 13.7. The molecule has 0 saturated carbocycles. The molecule has 3 rings (SSSR count). The summed E-state index contributed by atoms with van der Waals surface area (Å²) in [6.07, 6.45) is 2.75. The molecule has 8 heteroatoms. The van der Waals surface area contributed by atoms with E-state index in [-0.39, 0.29) is 24.1 Å². The van der Waals surface area contributed by atoms with Crippen LogP contribution in [0.3, 0.4) is 0 Å². The van der Waals surface area contributed by atoms with Crippen molar-refractivity contribution < 1.29 is 23.0 Å². The van der Waals surface area contributed by atoms with E-state index in [1.54, 1.807) is 17.1 Å². The van der Waals surface area contributed by atoms with Crippen LogP contribution in [0.1, 0.15) is 12.5 Å². The predicted molar refractivity (Wildman–Crippen MR) is 85.1 cm³/mol. The van der Waals surface area contributed by atoms with Gasteiger partial charge >= 0.3 is 0 Å². The van der Waals surface area contributed by atoms with Crippen LogP contribution in [0.4, 0.5) is 8.78 Å². The first kappa shape index (κ1) is 17.3. The number of carbonyl (C=O) groups is 1. The van der Waals surface area contributed by atoms with E-state index < -0.39 is 17.5 Å². The molecular formula is C17H19F2N3O3. The minimum atomic E-state index is -1.000. The zero-order valence-electron chi connectivity index (χ0n) is 13.7. The molecule has 134 valence electrons. The van der Waals surface area contributed by atoms with Gasteiger partial charge in [0.25, 0.3) is 0 Å². The molecule has 1 aromatic heterocycles. The molecule has 1 saturated heterocycles. The maximum absolute atomic E-state index is 13.7. The lowest BCUT2D eigenvalue weighted by molar-refractivity contribution is -0.121. The van der Waals surface area contributed by atoms with Gasteiger partial charge in [-0.05, 0) is 13.0 Å². The summed E-state index contributed by atoms with van der Waals surface area (Å²) in [5.74, 6) is -1.80. The number of carbonyl (C=O) groups excluding carboxylic acids is 1. The first-order valence-electron chi connectivity index (χ1n) is 8.06. The van der Waals surface area contributed by atoms with Crippen LogP contribution < -0.4 is 10.1 Å². The number of nitrogens with one attached hydrogen (secondary N) is 1. The summed E-state index contributed by atoms with van der Waals surface area (Å²) in [7, 11) is 0. The molecule has 25 heavy (non-hydrogen) atoms. The number of nitrogens with zero attached hydrogens (tertiary/aromatic N) is 2. The molecule has 1 N–H and O–H groups in total. The van der Waals surface area contributed by atoms with E-state index in [0.717, 1.165) is 12.6 Å². The van der Waals surface area contributed by atoms with Crippen molar-refractivity contribution in [1.82, 2.24) is 15.1 Å². The van der Waals surface area contributed by atoms with Crippen molar-refractivity contribution in [2.24, 2.45) is 0 Å². The topological polar surface area (TPSA) is 65.4 Å². The van der Waals surface area contributed by atoms with Crippen LogP contribution in [0.15, 0.2) is 30.6 Å². The monoisotopic (exact) mass is 351 g/mol. The van der Waals surface area contributed by atoms with Gasteiger partial charge in [0.05, 0.1) is 38.1 Å². The molecule has 2 aromatic rings. The van der Waals surface area contributed by atoms with Crippen molar-refractivity contribution in [3.05, 3.63) is 47.8 Å². The third-order valence-electron chi connectivity index (χ3n) is 3.98. The van der Waals surface area contributed by atoms with E-state index in [9.17, 15) is 13.6 Å². The van der Waals surface area contributed by atoms with Gasteiger partial charge in [-0.25, -0.2) is 8.78 Å². The number of hydrogen-bond donors (Lipinski definition) is 1. The Kier molecular flexibility index (Phi) is 5.28. The number of hydrogen-bond acceptors (Lipinski definition) is 4. The highest BCUT2D eigenvalue weighted by Crippen LogP contribution is 2.17. The molecular weight excluding hydrogens is 332 g/mol. The van der Waals surface area contributed by atoms with E-state index in [4.69, 9.17) is 9.47 Å². The summed E-state index contributed by atoms with van der Waals surface area (Å²) in [4.78, 5) is 12.2. The standard InChI is InChI=1S/C17H19F2N3O3/c1-2-22-8-12(7-20-22)25-15-10-24-9-14(15)21-16(23)6-11-4-3-5-13(18)17(11)19/h3-5,7-8,14-15H,2,6,9-10H2,1H3,(H,21,23)/t14-,15+/m0/s1. The van der Waals surface area contributed by atoms with Crippen LogP contribution in [0, 0.1) is 11.6 Å². The fourth-order valence-corrected chi connectivity index (χ4v) is 2.65. The van der Waals surface area contributed by atoms with Gasteiger partial charge in [0.2, 0.25) is 5.91 Å². The molecule has 1 fully saturated rings. The summed E-state index contributed by atoms with van der Waals surface area (Å²) in [5, 5.41) is 6.88. The van der Waals surface area contributed by atoms with Gasteiger partial charge in [-0.2, -0.15) is 5.10 Å². The number of ether oxygens (including phenoxy) is 2. The minimum Gasteiger partial charge on any atom is -0.482 e. The third-order valence-corrected chi connectivity index (χ3v) is 3.98. The van der Waals surface area contributed by atoms with E-state index in [2.05, 4.69) is 10.4 Å². The minimum absolute atomic E-state index is 0.0121. The molecule has 1 amide bonds. The first-order chi connectivity index (χ1) is 12.1. The molecule has 1 aromatic carbocycles. The molecule has 2 atom stereocenters. The molecule has 2 heterocycles. The van der Waals surface area contributed by atoms with Crippen molar-refractivity contribution in [3.8, 4) is 5.75 Å². The molecule has 0 unspecified atom stereocenters. The molecule has 0 bridgehead atoms. The van der Waals surface area contributed by atoms with Crippen molar-refractivity contribution in [3.63, 3.8) is 0 Å². The van der Waals surface area contributed by atoms with Crippen LogP contribution in [0.5, 0.6) is 5.75 Å². The van der Waals surface area contributed by atoms with Crippen molar-refractivity contribution >= 4 is 5.91 Å². The van der Waals surface area contributed by atoms with Crippen molar-refractivity contribution in [1.29, 1.82) is 0 Å². The van der Waals surface area contributed by atoms with E-state index in [1.807, 2.05) is 6.92 Å². The summed E-state index contributed by atoms with van der Waals surface area (Å²) >= 11 is 0. The SMILES string of the molecule is CCn1cc(O[C@@H]2COC[C@@H]2NC(=O)Cc2cccc(F)c2F)cn1. The van der Waals surface area contributed by atoms with E-state index >= 15 is 0 Å². The summed E-state index contributed by atoms with van der Waals surface area (Å²) in [6, 6.07) is 3.41. The van der Waals surface area contributed by atoms with Crippen LogP contribution in [-0.4, -0.2) is 41.0 Å². The maximum Gasteiger partial charge on any atom is 0.224 e. The average molecular weight is 351 g/mol. The van der Waals surface area contributed by atoms with Gasteiger partial charge in [-0.3, -0.25) is 9.48 Å². The highest BCUT2D eigenvalue weighted by atomic mass is 19.2. The van der Waals surface area contributed by atoms with Gasteiger partial charge in [-0.15, -0.1) is 0 Å². The van der Waals surface area contributed by atoms with Crippen molar-refractivity contribution in [2.45, 2.75) is 32.0 Å². The number of halogens is 2. The quantitative estimate of drug-likeness (QED) is 0.860. The lowest BCUT2D eigenvalue weighted by atomic mass is 10.1.